The van der Waals surface area contributed by atoms with Gasteiger partial charge in [0.25, 0.3) is 11.8 Å². The first-order valence-corrected chi connectivity index (χ1v) is 18.8. The number of hydrogen-bond acceptors (Lipinski definition) is 7. The Balaban J connectivity index is 1.57. The number of rotatable bonds is 13. The molecular formula is C38H26Cl6N4O4S. The van der Waals surface area contributed by atoms with Gasteiger partial charge in [-0.15, -0.1) is 11.3 Å². The van der Waals surface area contributed by atoms with Gasteiger partial charge in [0.15, 0.2) is 16.6 Å². The van der Waals surface area contributed by atoms with Crippen molar-refractivity contribution in [2.75, 3.05) is 10.4 Å². The van der Waals surface area contributed by atoms with E-state index >= 15 is 9.59 Å². The minimum Gasteiger partial charge on any atom is -0.354 e. The Morgan fingerprint density at radius 1 is 0.717 bits per heavy atom. The van der Waals surface area contributed by atoms with Crippen LogP contribution in [0, 0.1) is 0 Å². The Morgan fingerprint density at radius 3 is 1.91 bits per heavy atom. The van der Waals surface area contributed by atoms with Crippen LogP contribution in [0.3, 0.4) is 0 Å². The second-order valence-electron chi connectivity index (χ2n) is 11.4. The zero-order chi connectivity index (χ0) is 37.5. The number of nitrogens with one attached hydrogen (secondary N) is 1. The Morgan fingerprint density at radius 2 is 1.34 bits per heavy atom. The number of aromatic nitrogens is 2. The summed E-state index contributed by atoms with van der Waals surface area (Å²) in [6.45, 7) is -0.328. The molecule has 2 heterocycles. The van der Waals surface area contributed by atoms with Crippen LogP contribution in [0.25, 0.3) is 0 Å². The van der Waals surface area contributed by atoms with E-state index in [9.17, 15) is 0 Å². The van der Waals surface area contributed by atoms with Crippen LogP contribution in [0.15, 0.2) is 121 Å². The first kappa shape index (κ1) is 39.0. The molecule has 0 aliphatic carbocycles. The highest BCUT2D eigenvalue weighted by Gasteiger charge is 2.55. The molecule has 2 aromatic heterocycles. The van der Waals surface area contributed by atoms with E-state index in [-0.39, 0.29) is 34.7 Å². The van der Waals surface area contributed by atoms with E-state index in [0.717, 1.165) is 5.06 Å². The molecule has 0 spiro atoms. The van der Waals surface area contributed by atoms with E-state index in [1.165, 1.54) is 17.5 Å². The second kappa shape index (κ2) is 17.6. The lowest BCUT2D eigenvalue weighted by atomic mass is 9.75. The molecule has 2 unspecified atom stereocenters. The van der Waals surface area contributed by atoms with Crippen LogP contribution in [-0.4, -0.2) is 21.8 Å². The van der Waals surface area contributed by atoms with Crippen LogP contribution in [0.4, 0.5) is 10.9 Å². The first-order valence-electron chi connectivity index (χ1n) is 15.7. The highest BCUT2D eigenvalue weighted by Crippen LogP contribution is 2.45. The molecule has 0 saturated heterocycles. The fourth-order valence-corrected chi connectivity index (χ4v) is 6.89. The first-order chi connectivity index (χ1) is 25.5. The van der Waals surface area contributed by atoms with Gasteiger partial charge in [-0.2, -0.15) is 5.06 Å². The molecule has 1 N–H and O–H groups in total. The van der Waals surface area contributed by atoms with Crippen molar-refractivity contribution in [3.63, 3.8) is 0 Å². The van der Waals surface area contributed by atoms with Gasteiger partial charge >= 0.3 is 0 Å². The van der Waals surface area contributed by atoms with Gasteiger partial charge in [-0.05, 0) is 82.9 Å². The van der Waals surface area contributed by atoms with E-state index < -0.39 is 23.3 Å². The Bertz CT molecular complexity index is 2200. The summed E-state index contributed by atoms with van der Waals surface area (Å²) in [6.07, 6.45) is 3.06. The predicted molar refractivity (Wildman–Crippen MR) is 212 cm³/mol. The predicted octanol–water partition coefficient (Wildman–Crippen LogP) is 11.5. The third-order valence-electron chi connectivity index (χ3n) is 7.97. The molecule has 53 heavy (non-hydrogen) atoms. The van der Waals surface area contributed by atoms with E-state index in [2.05, 4.69) is 15.3 Å². The Labute approximate surface area is 339 Å². The largest absolute Gasteiger partial charge is 0.354 e. The van der Waals surface area contributed by atoms with Crippen molar-refractivity contribution in [3.05, 3.63) is 173 Å². The van der Waals surface area contributed by atoms with Crippen molar-refractivity contribution < 1.29 is 19.2 Å². The SMILES string of the molecule is O=C(C(c1ccc(Cl)cc1)C(OCc1ccc(Cl)c(Cl)c1)(C(=O)Nc1nccs1)c1ccc(Cl)cc1)N(OCc1ccc(Cl)c(Cl)c1)c1ccccn1. The topological polar surface area (TPSA) is 93.7 Å². The van der Waals surface area contributed by atoms with Crippen molar-refractivity contribution in [2.24, 2.45) is 0 Å². The number of ether oxygens (including phenoxy) is 1. The molecule has 15 heteroatoms. The summed E-state index contributed by atoms with van der Waals surface area (Å²) in [6, 6.07) is 27.9. The normalized spacial score (nSPS) is 12.9. The molecule has 0 fully saturated rings. The number of anilines is 2. The van der Waals surface area contributed by atoms with Crippen molar-refractivity contribution in [1.29, 1.82) is 0 Å². The number of carbonyl (C=O) groups is 2. The molecule has 0 radical (unpaired) electrons. The van der Waals surface area contributed by atoms with E-state index in [0.29, 0.717) is 41.8 Å². The zero-order valence-electron chi connectivity index (χ0n) is 27.2. The van der Waals surface area contributed by atoms with Gasteiger partial charge in [0.1, 0.15) is 12.5 Å². The second-order valence-corrected chi connectivity index (χ2v) is 14.8. The summed E-state index contributed by atoms with van der Waals surface area (Å²) in [5, 5.41) is 7.95. The zero-order valence-corrected chi connectivity index (χ0v) is 32.5. The van der Waals surface area contributed by atoms with Gasteiger partial charge in [0.05, 0.1) is 26.7 Å². The minimum absolute atomic E-state index is 0.129. The summed E-state index contributed by atoms with van der Waals surface area (Å²) in [5.74, 6) is -2.77. The summed E-state index contributed by atoms with van der Waals surface area (Å²) >= 11 is 39.0. The molecule has 4 aromatic carbocycles. The summed E-state index contributed by atoms with van der Waals surface area (Å²) < 4.78 is 6.82. The lowest BCUT2D eigenvalue weighted by Crippen LogP contribution is -2.53. The number of pyridine rings is 1. The van der Waals surface area contributed by atoms with E-state index in [1.54, 1.807) is 115 Å². The molecule has 2 atom stereocenters. The molecule has 6 rings (SSSR count). The number of hydroxylamine groups is 1. The number of benzene rings is 4. The summed E-state index contributed by atoms with van der Waals surface area (Å²) in [4.78, 5) is 45.6. The molecule has 0 aliphatic heterocycles. The van der Waals surface area contributed by atoms with E-state index in [4.69, 9.17) is 79.2 Å². The maximum Gasteiger partial charge on any atom is 0.264 e. The van der Waals surface area contributed by atoms with Gasteiger partial charge in [0.2, 0.25) is 0 Å². The average molecular weight is 847 g/mol. The lowest BCUT2D eigenvalue weighted by Gasteiger charge is -2.40. The third-order valence-corrected chi connectivity index (χ3v) is 10.6. The fraction of sp³-hybridized carbons (Fsp3) is 0.105. The maximum absolute atomic E-state index is 15.5. The molecular weight excluding hydrogens is 821 g/mol. The minimum atomic E-state index is -2.15. The maximum atomic E-state index is 15.5. The third kappa shape index (κ3) is 9.15. The van der Waals surface area contributed by atoms with Gasteiger partial charge in [0, 0.05) is 27.8 Å². The molecule has 8 nitrogen and oxygen atoms in total. The number of carbonyl (C=O) groups excluding carboxylic acids is 2. The lowest BCUT2D eigenvalue weighted by molar-refractivity contribution is -0.158. The van der Waals surface area contributed by atoms with E-state index in [1.807, 2.05) is 0 Å². The number of amides is 2. The van der Waals surface area contributed by atoms with Crippen LogP contribution in [0.1, 0.15) is 28.2 Å². The van der Waals surface area contributed by atoms with Crippen molar-refractivity contribution in [1.82, 2.24) is 9.97 Å². The summed E-state index contributed by atoms with van der Waals surface area (Å²) in [7, 11) is 0. The van der Waals surface area contributed by atoms with Gasteiger partial charge in [-0.1, -0.05) is 112 Å². The van der Waals surface area contributed by atoms with Crippen molar-refractivity contribution in [3.8, 4) is 0 Å². The van der Waals surface area contributed by atoms with Crippen LogP contribution >= 0.6 is 80.9 Å². The van der Waals surface area contributed by atoms with Crippen LogP contribution in [0.5, 0.6) is 0 Å². The Kier molecular flexibility index (Phi) is 12.9. The van der Waals surface area contributed by atoms with Crippen molar-refractivity contribution in [2.45, 2.75) is 24.7 Å². The fourth-order valence-electron chi connectivity index (χ4n) is 5.47. The highest BCUT2D eigenvalue weighted by atomic mass is 35.5. The number of hydrogen-bond donors (Lipinski definition) is 1. The molecule has 6 aromatic rings. The number of halogens is 6. The monoisotopic (exact) mass is 844 g/mol. The summed E-state index contributed by atoms with van der Waals surface area (Å²) in [5.41, 5.74) is -0.323. The molecule has 2 amide bonds. The Hall–Kier alpha value is -3.74. The standard InChI is InChI=1S/C38H26Cl6N4O4S/c39-27-10-6-25(7-11-27)34(35(49)48(33-3-1-2-16-45-33)52-22-24-5-15-30(42)32(44)20-24)38(26-8-12-28(40)13-9-26,36(50)47-37-46-17-18-53-37)51-21-23-4-14-29(41)31(43)19-23/h1-20,34H,21-22H2,(H,46,47,50). The van der Waals surface area contributed by atoms with Gasteiger partial charge in [-0.25, -0.2) is 9.97 Å². The van der Waals surface area contributed by atoms with Crippen LogP contribution in [0.2, 0.25) is 30.1 Å². The molecule has 0 aliphatic rings. The van der Waals surface area contributed by atoms with Gasteiger partial charge in [-0.3, -0.25) is 19.7 Å². The quantitative estimate of drug-likeness (QED) is 0.116. The smallest absolute Gasteiger partial charge is 0.264 e. The number of nitrogens with zero attached hydrogens (tertiary/aromatic N) is 3. The molecule has 0 saturated carbocycles. The van der Waals surface area contributed by atoms with Crippen molar-refractivity contribution >= 4 is 104 Å². The average Bonchev–Trinajstić information content (AvgIpc) is 3.67. The van der Waals surface area contributed by atoms with Gasteiger partial charge < -0.3 is 4.74 Å². The molecule has 270 valence electrons. The highest BCUT2D eigenvalue weighted by molar-refractivity contribution is 7.13. The van der Waals surface area contributed by atoms with Crippen LogP contribution in [-0.2, 0) is 38.0 Å². The number of thiazole rings is 1. The molecule has 0 bridgehead atoms. The van der Waals surface area contributed by atoms with Crippen LogP contribution < -0.4 is 10.4 Å².